The number of rotatable bonds is 13. The van der Waals surface area contributed by atoms with Crippen molar-refractivity contribution in [3.05, 3.63) is 21.9 Å². The van der Waals surface area contributed by atoms with Gasteiger partial charge in [-0.25, -0.2) is 0 Å². The number of ketones is 1. The monoisotopic (exact) mass is 338 g/mol. The zero-order valence-electron chi connectivity index (χ0n) is 14.6. The van der Waals surface area contributed by atoms with Gasteiger partial charge in [0.25, 0.3) is 0 Å². The van der Waals surface area contributed by atoms with E-state index in [4.69, 9.17) is 0 Å². The normalized spacial score (nSPS) is 10.7. The van der Waals surface area contributed by atoms with E-state index in [2.05, 4.69) is 17.7 Å². The van der Waals surface area contributed by atoms with Gasteiger partial charge in [0.15, 0.2) is 5.78 Å². The van der Waals surface area contributed by atoms with Gasteiger partial charge in [0.05, 0.1) is 12.0 Å². The van der Waals surface area contributed by atoms with Crippen molar-refractivity contribution >= 4 is 23.1 Å². The third-order valence-electron chi connectivity index (χ3n) is 3.98. The van der Waals surface area contributed by atoms with Crippen LogP contribution in [0.3, 0.4) is 0 Å². The largest absolute Gasteiger partial charge is 0.469 e. The first-order valence-electron chi connectivity index (χ1n) is 8.86. The van der Waals surface area contributed by atoms with Crippen LogP contribution in [0.2, 0.25) is 0 Å². The van der Waals surface area contributed by atoms with E-state index < -0.39 is 0 Å². The third kappa shape index (κ3) is 8.89. The first-order valence-corrected chi connectivity index (χ1v) is 9.67. The zero-order chi connectivity index (χ0) is 16.9. The molecule has 0 spiro atoms. The van der Waals surface area contributed by atoms with Crippen LogP contribution in [-0.2, 0) is 16.0 Å². The number of esters is 1. The lowest BCUT2D eigenvalue weighted by atomic mass is 10.1. The molecule has 0 fully saturated rings. The van der Waals surface area contributed by atoms with Crippen LogP contribution >= 0.6 is 11.3 Å². The smallest absolute Gasteiger partial charge is 0.305 e. The molecule has 130 valence electrons. The molecule has 0 amide bonds. The zero-order valence-corrected chi connectivity index (χ0v) is 15.4. The molecule has 0 aliphatic rings. The molecule has 4 heteroatoms. The Bertz CT molecular complexity index is 465. The Kier molecular flexibility index (Phi) is 10.6. The second-order valence-electron chi connectivity index (χ2n) is 5.99. The van der Waals surface area contributed by atoms with Crippen LogP contribution in [0.1, 0.15) is 85.7 Å². The van der Waals surface area contributed by atoms with Gasteiger partial charge in [-0.15, -0.1) is 11.3 Å². The van der Waals surface area contributed by atoms with Crippen molar-refractivity contribution in [2.75, 3.05) is 7.11 Å². The topological polar surface area (TPSA) is 43.4 Å². The summed E-state index contributed by atoms with van der Waals surface area (Å²) in [6.07, 6.45) is 11.0. The predicted octanol–water partition coefficient (Wildman–Crippen LogP) is 5.57. The van der Waals surface area contributed by atoms with Crippen LogP contribution in [-0.4, -0.2) is 18.9 Å². The standard InChI is InChI=1S/C19H30O3S/c1-3-4-11-16-14-15-18(23-16)17(20)12-9-7-5-6-8-10-13-19(21)22-2/h14-15H,3-13H2,1-2H3. The number of methoxy groups -OCH3 is 1. The molecule has 0 aromatic carbocycles. The Balaban J connectivity index is 2.05. The lowest BCUT2D eigenvalue weighted by molar-refractivity contribution is -0.140. The minimum absolute atomic E-state index is 0.121. The van der Waals surface area contributed by atoms with Crippen molar-refractivity contribution in [1.29, 1.82) is 0 Å². The fourth-order valence-electron chi connectivity index (χ4n) is 2.50. The molecular weight excluding hydrogens is 308 g/mol. The summed E-state index contributed by atoms with van der Waals surface area (Å²) in [4.78, 5) is 25.4. The van der Waals surface area contributed by atoms with E-state index >= 15 is 0 Å². The van der Waals surface area contributed by atoms with Crippen LogP contribution in [0.15, 0.2) is 12.1 Å². The number of aryl methyl sites for hydroxylation is 1. The Morgan fingerprint density at radius 1 is 0.957 bits per heavy atom. The van der Waals surface area contributed by atoms with Gasteiger partial charge in [0, 0.05) is 17.7 Å². The van der Waals surface area contributed by atoms with Crippen molar-refractivity contribution in [1.82, 2.24) is 0 Å². The average molecular weight is 339 g/mol. The quantitative estimate of drug-likeness (QED) is 0.268. The van der Waals surface area contributed by atoms with E-state index in [-0.39, 0.29) is 5.97 Å². The number of carbonyl (C=O) groups excluding carboxylic acids is 2. The second kappa shape index (κ2) is 12.3. The van der Waals surface area contributed by atoms with E-state index in [0.717, 1.165) is 49.8 Å². The van der Waals surface area contributed by atoms with E-state index in [0.29, 0.717) is 18.6 Å². The van der Waals surface area contributed by atoms with Gasteiger partial charge < -0.3 is 4.74 Å². The molecule has 1 aromatic rings. The molecule has 0 unspecified atom stereocenters. The van der Waals surface area contributed by atoms with E-state index in [9.17, 15) is 9.59 Å². The maximum atomic E-state index is 12.1. The number of thiophene rings is 1. The van der Waals surface area contributed by atoms with Gasteiger partial charge >= 0.3 is 5.97 Å². The van der Waals surface area contributed by atoms with Crippen LogP contribution in [0.25, 0.3) is 0 Å². The van der Waals surface area contributed by atoms with Gasteiger partial charge in [-0.2, -0.15) is 0 Å². The number of ether oxygens (including phenoxy) is 1. The molecular formula is C19H30O3S. The summed E-state index contributed by atoms with van der Waals surface area (Å²) in [7, 11) is 1.43. The average Bonchev–Trinajstić information content (AvgIpc) is 3.03. The Labute approximate surface area is 144 Å². The van der Waals surface area contributed by atoms with Crippen molar-refractivity contribution in [3.63, 3.8) is 0 Å². The number of carbonyl (C=O) groups is 2. The van der Waals surface area contributed by atoms with Crippen LogP contribution in [0.5, 0.6) is 0 Å². The molecule has 1 rings (SSSR count). The third-order valence-corrected chi connectivity index (χ3v) is 5.16. The van der Waals surface area contributed by atoms with Crippen molar-refractivity contribution in [3.8, 4) is 0 Å². The number of unbranched alkanes of at least 4 members (excludes halogenated alkanes) is 6. The van der Waals surface area contributed by atoms with Crippen LogP contribution in [0, 0.1) is 0 Å². The highest BCUT2D eigenvalue weighted by atomic mass is 32.1. The lowest BCUT2D eigenvalue weighted by Crippen LogP contribution is -1.99. The van der Waals surface area contributed by atoms with Gasteiger partial charge in [-0.1, -0.05) is 39.0 Å². The molecule has 0 aliphatic heterocycles. The van der Waals surface area contributed by atoms with E-state index in [1.165, 1.54) is 24.8 Å². The molecule has 0 aliphatic carbocycles. The maximum Gasteiger partial charge on any atom is 0.305 e. The highest BCUT2D eigenvalue weighted by Gasteiger charge is 2.09. The molecule has 0 atom stereocenters. The maximum absolute atomic E-state index is 12.1. The van der Waals surface area contributed by atoms with Gasteiger partial charge in [0.2, 0.25) is 0 Å². The predicted molar refractivity (Wildman–Crippen MR) is 96.2 cm³/mol. The molecule has 0 N–H and O–H groups in total. The minimum atomic E-state index is -0.121. The minimum Gasteiger partial charge on any atom is -0.469 e. The Morgan fingerprint density at radius 2 is 1.61 bits per heavy atom. The summed E-state index contributed by atoms with van der Waals surface area (Å²) in [6.45, 7) is 2.19. The van der Waals surface area contributed by atoms with Gasteiger partial charge in [0.1, 0.15) is 0 Å². The Hall–Kier alpha value is -1.16. The van der Waals surface area contributed by atoms with Gasteiger partial charge in [-0.3, -0.25) is 9.59 Å². The summed E-state index contributed by atoms with van der Waals surface area (Å²) in [6, 6.07) is 4.10. The fraction of sp³-hybridized carbons (Fsp3) is 0.684. The number of hydrogen-bond acceptors (Lipinski definition) is 4. The van der Waals surface area contributed by atoms with Crippen LogP contribution < -0.4 is 0 Å². The summed E-state index contributed by atoms with van der Waals surface area (Å²) in [5, 5.41) is 0. The highest BCUT2D eigenvalue weighted by Crippen LogP contribution is 2.21. The lowest BCUT2D eigenvalue weighted by Gasteiger charge is -2.01. The Morgan fingerprint density at radius 3 is 2.26 bits per heavy atom. The summed E-state index contributed by atoms with van der Waals surface area (Å²) < 4.78 is 4.61. The molecule has 23 heavy (non-hydrogen) atoms. The van der Waals surface area contributed by atoms with E-state index in [1.54, 1.807) is 11.3 Å². The van der Waals surface area contributed by atoms with Crippen molar-refractivity contribution in [2.24, 2.45) is 0 Å². The number of hydrogen-bond donors (Lipinski definition) is 0. The summed E-state index contributed by atoms with van der Waals surface area (Å²) in [5.41, 5.74) is 0. The fourth-order valence-corrected chi connectivity index (χ4v) is 3.52. The summed E-state index contributed by atoms with van der Waals surface area (Å²) >= 11 is 1.67. The second-order valence-corrected chi connectivity index (χ2v) is 7.16. The molecule has 1 heterocycles. The van der Waals surface area contributed by atoms with Crippen molar-refractivity contribution < 1.29 is 14.3 Å². The summed E-state index contributed by atoms with van der Waals surface area (Å²) in [5.74, 6) is 0.174. The van der Waals surface area contributed by atoms with Crippen molar-refractivity contribution in [2.45, 2.75) is 77.6 Å². The molecule has 0 saturated heterocycles. The molecule has 1 aromatic heterocycles. The SMILES string of the molecule is CCCCc1ccc(C(=O)CCCCCCCCC(=O)OC)s1. The molecule has 0 saturated carbocycles. The van der Waals surface area contributed by atoms with E-state index in [1.807, 2.05) is 6.07 Å². The first-order chi connectivity index (χ1) is 11.2. The molecule has 3 nitrogen and oxygen atoms in total. The highest BCUT2D eigenvalue weighted by molar-refractivity contribution is 7.14. The first kappa shape index (κ1) is 19.9. The number of Topliss-reactive ketones (excluding diaryl/α,β-unsaturated/α-hetero) is 1. The molecule has 0 bridgehead atoms. The van der Waals surface area contributed by atoms with Crippen LogP contribution in [0.4, 0.5) is 0 Å². The molecule has 0 radical (unpaired) electrons. The van der Waals surface area contributed by atoms with Gasteiger partial charge in [-0.05, 0) is 37.8 Å².